The van der Waals surface area contributed by atoms with Crippen LogP contribution in [-0.2, 0) is 20.8 Å². The van der Waals surface area contributed by atoms with Crippen molar-refractivity contribution in [2.45, 2.75) is 40.6 Å². The number of aryl methyl sites for hydroxylation is 2. The summed E-state index contributed by atoms with van der Waals surface area (Å²) in [7, 11) is -5.38. The Morgan fingerprint density at radius 2 is 1.44 bits per heavy atom. The zero-order valence-electron chi connectivity index (χ0n) is 17.8. The van der Waals surface area contributed by atoms with E-state index in [2.05, 4.69) is 20.7 Å². The van der Waals surface area contributed by atoms with Crippen molar-refractivity contribution in [1.82, 2.24) is 4.72 Å². The van der Waals surface area contributed by atoms with Gasteiger partial charge in [0, 0.05) is 16.7 Å². The van der Waals surface area contributed by atoms with E-state index >= 15 is 0 Å². The highest BCUT2D eigenvalue weighted by Crippen LogP contribution is 2.27. The normalized spacial score (nSPS) is 15.6. The molecule has 0 aliphatic rings. The Kier molecular flexibility index (Phi) is 8.41. The first-order valence-corrected chi connectivity index (χ1v) is 13.8. The summed E-state index contributed by atoms with van der Waals surface area (Å²) in [6, 6.07) is 21.9. The summed E-state index contributed by atoms with van der Waals surface area (Å²) in [5.41, 5.74) is 2.62. The molecule has 0 spiro atoms. The lowest BCUT2D eigenvalue weighted by atomic mass is 10.0. The van der Waals surface area contributed by atoms with Crippen LogP contribution < -0.4 is 4.72 Å². The summed E-state index contributed by atoms with van der Waals surface area (Å²) in [4.78, 5) is 0.00618. The van der Waals surface area contributed by atoms with E-state index in [4.69, 9.17) is 0 Å². The molecule has 3 aromatic carbocycles. The molecule has 3 aromatic rings. The summed E-state index contributed by atoms with van der Waals surface area (Å²) in [5, 5.41) is 10.9. The highest BCUT2D eigenvalue weighted by molar-refractivity contribution is 9.09. The van der Waals surface area contributed by atoms with E-state index in [0.717, 1.165) is 11.1 Å². The number of benzene rings is 3. The number of aliphatic hydroxyl groups is 1. The van der Waals surface area contributed by atoms with Crippen molar-refractivity contribution >= 4 is 36.8 Å². The summed E-state index contributed by atoms with van der Waals surface area (Å²) >= 11 is 3.48. The molecule has 0 amide bonds. The average molecular weight is 537 g/mol. The molecule has 0 saturated heterocycles. The molecular weight excluding hydrogens is 510 g/mol. The van der Waals surface area contributed by atoms with Crippen LogP contribution in [0.3, 0.4) is 0 Å². The van der Waals surface area contributed by atoms with Crippen LogP contribution in [0, 0.1) is 13.8 Å². The molecule has 8 heteroatoms. The van der Waals surface area contributed by atoms with Gasteiger partial charge in [0.15, 0.2) is 0 Å². The van der Waals surface area contributed by atoms with E-state index in [1.165, 1.54) is 12.1 Å². The molecule has 0 fully saturated rings. The maximum atomic E-state index is 13.1. The third-order valence-electron chi connectivity index (χ3n) is 5.08. The third-order valence-corrected chi connectivity index (χ3v) is 9.18. The van der Waals surface area contributed by atoms with Crippen molar-refractivity contribution in [3.8, 4) is 0 Å². The fourth-order valence-corrected chi connectivity index (χ4v) is 6.84. The van der Waals surface area contributed by atoms with Crippen LogP contribution in [-0.4, -0.2) is 34.4 Å². The topological polar surface area (TPSA) is 83.5 Å². The second-order valence-corrected chi connectivity index (χ2v) is 11.9. The van der Waals surface area contributed by atoms with E-state index in [9.17, 15) is 17.7 Å². The molecule has 0 saturated carbocycles. The smallest absolute Gasteiger partial charge is 0.240 e. The zero-order chi connectivity index (χ0) is 23.3. The highest BCUT2D eigenvalue weighted by atomic mass is 79.9. The van der Waals surface area contributed by atoms with Crippen molar-refractivity contribution in [3.63, 3.8) is 0 Å². The summed E-state index contributed by atoms with van der Waals surface area (Å²) in [6.07, 6.45) is -1.00. The lowest BCUT2D eigenvalue weighted by Gasteiger charge is -2.27. The van der Waals surface area contributed by atoms with Gasteiger partial charge >= 0.3 is 0 Å². The Morgan fingerprint density at radius 1 is 0.906 bits per heavy atom. The third kappa shape index (κ3) is 6.36. The standard InChI is InChI=1S/C24H26BrNO4S2/c1-17-8-12-20(13-9-17)31(28)16-22(23(25)24(27)19-6-4-3-5-7-19)26-32(29,30)21-14-10-18(2)11-15-21/h3-15,22-24,26-27H,16H2,1-2H3/t22-,23+,24-,31-/m0/s1. The minimum atomic E-state index is -3.90. The Balaban J connectivity index is 1.89. The molecule has 3 rings (SSSR count). The van der Waals surface area contributed by atoms with E-state index < -0.39 is 37.8 Å². The molecule has 32 heavy (non-hydrogen) atoms. The summed E-state index contributed by atoms with van der Waals surface area (Å²) in [6.45, 7) is 3.82. The minimum Gasteiger partial charge on any atom is -0.387 e. The van der Waals surface area contributed by atoms with Crippen LogP contribution in [0.25, 0.3) is 0 Å². The molecular formula is C24H26BrNO4S2. The van der Waals surface area contributed by atoms with Crippen LogP contribution >= 0.6 is 15.9 Å². The number of nitrogens with one attached hydrogen (secondary N) is 1. The molecule has 0 aliphatic carbocycles. The lowest BCUT2D eigenvalue weighted by molar-refractivity contribution is 0.167. The zero-order valence-corrected chi connectivity index (χ0v) is 21.0. The fourth-order valence-electron chi connectivity index (χ4n) is 3.18. The Labute approximate surface area is 200 Å². The maximum Gasteiger partial charge on any atom is 0.240 e. The Bertz CT molecular complexity index is 1150. The first-order chi connectivity index (χ1) is 15.2. The van der Waals surface area contributed by atoms with Gasteiger partial charge in [-0.2, -0.15) is 0 Å². The van der Waals surface area contributed by atoms with E-state index in [1.54, 1.807) is 48.5 Å². The molecule has 2 N–H and O–H groups in total. The van der Waals surface area contributed by atoms with Crippen molar-refractivity contribution in [2.24, 2.45) is 0 Å². The Morgan fingerprint density at radius 3 is 2.00 bits per heavy atom. The monoisotopic (exact) mass is 535 g/mol. The minimum absolute atomic E-state index is 0.00599. The van der Waals surface area contributed by atoms with Crippen molar-refractivity contribution in [3.05, 3.63) is 95.6 Å². The van der Waals surface area contributed by atoms with Crippen molar-refractivity contribution in [2.75, 3.05) is 5.75 Å². The van der Waals surface area contributed by atoms with Crippen molar-refractivity contribution < 1.29 is 17.7 Å². The maximum absolute atomic E-state index is 13.1. The van der Waals surface area contributed by atoms with Crippen LogP contribution in [0.5, 0.6) is 0 Å². The van der Waals surface area contributed by atoms with E-state index in [0.29, 0.717) is 10.5 Å². The Hall–Kier alpha value is -1.84. The van der Waals surface area contributed by atoms with Gasteiger partial charge < -0.3 is 5.11 Å². The number of halogens is 1. The molecule has 0 aliphatic heterocycles. The molecule has 0 radical (unpaired) electrons. The number of hydrogen-bond acceptors (Lipinski definition) is 4. The first-order valence-electron chi connectivity index (χ1n) is 10.1. The van der Waals surface area contributed by atoms with Gasteiger partial charge in [-0.1, -0.05) is 81.7 Å². The fraction of sp³-hybridized carbons (Fsp3) is 0.250. The molecule has 0 aromatic heterocycles. The van der Waals surface area contributed by atoms with Gasteiger partial charge in [0.25, 0.3) is 0 Å². The van der Waals surface area contributed by atoms with Crippen molar-refractivity contribution in [1.29, 1.82) is 0 Å². The molecule has 0 heterocycles. The number of alkyl halides is 1. The van der Waals surface area contributed by atoms with E-state index in [-0.39, 0.29) is 10.6 Å². The predicted molar refractivity (Wildman–Crippen MR) is 132 cm³/mol. The quantitative estimate of drug-likeness (QED) is 0.401. The number of sulfonamides is 1. The van der Waals surface area contributed by atoms with Gasteiger partial charge in [-0.05, 0) is 43.7 Å². The van der Waals surface area contributed by atoms with Gasteiger partial charge in [-0.15, -0.1) is 0 Å². The van der Waals surface area contributed by atoms with Gasteiger partial charge in [-0.25, -0.2) is 13.1 Å². The van der Waals surface area contributed by atoms with Gasteiger partial charge in [0.1, 0.15) is 0 Å². The number of rotatable bonds is 9. The highest BCUT2D eigenvalue weighted by Gasteiger charge is 2.32. The summed E-state index contributed by atoms with van der Waals surface area (Å²) in [5.74, 6) is -0.00599. The van der Waals surface area contributed by atoms with E-state index in [1.807, 2.05) is 32.0 Å². The second-order valence-electron chi connectivity index (χ2n) is 7.67. The lowest BCUT2D eigenvalue weighted by Crippen LogP contribution is -2.46. The number of hydrogen-bond donors (Lipinski definition) is 2. The molecule has 5 nitrogen and oxygen atoms in total. The van der Waals surface area contributed by atoms with Gasteiger partial charge in [0.05, 0.1) is 26.6 Å². The van der Waals surface area contributed by atoms with Gasteiger partial charge in [-0.3, -0.25) is 4.21 Å². The second kappa shape index (κ2) is 10.9. The van der Waals surface area contributed by atoms with Crippen LogP contribution in [0.1, 0.15) is 22.8 Å². The SMILES string of the molecule is Cc1ccc([S@@](=O)C[C@H](NS(=O)(=O)c2ccc(C)cc2)[C@@H](Br)[C@@H](O)c2ccccc2)cc1. The molecule has 0 unspecified atom stereocenters. The molecule has 4 atom stereocenters. The largest absolute Gasteiger partial charge is 0.387 e. The van der Waals surface area contributed by atoms with Gasteiger partial charge in [0.2, 0.25) is 10.0 Å². The first kappa shape index (κ1) is 24.8. The predicted octanol–water partition coefficient (Wildman–Crippen LogP) is 4.26. The molecule has 170 valence electrons. The van der Waals surface area contributed by atoms with Crippen LogP contribution in [0.4, 0.5) is 0 Å². The van der Waals surface area contributed by atoms with Crippen LogP contribution in [0.2, 0.25) is 0 Å². The number of aliphatic hydroxyl groups excluding tert-OH is 1. The summed E-state index contributed by atoms with van der Waals surface area (Å²) < 4.78 is 41.9. The average Bonchev–Trinajstić information content (AvgIpc) is 2.78. The van der Waals surface area contributed by atoms with Crippen LogP contribution in [0.15, 0.2) is 88.7 Å². The molecule has 0 bridgehead atoms.